The summed E-state index contributed by atoms with van der Waals surface area (Å²) in [5.41, 5.74) is 0. The number of carbonyl (C=O) groups is 1. The molecule has 94 valence electrons. The van der Waals surface area contributed by atoms with Crippen molar-refractivity contribution in [3.8, 4) is 0 Å². The van der Waals surface area contributed by atoms with Crippen molar-refractivity contribution < 1.29 is 4.79 Å². The number of hydrogen-bond donors (Lipinski definition) is 2. The molecular weight excluding hydrogens is 246 g/mol. The Morgan fingerprint density at radius 1 is 1.44 bits per heavy atom. The number of aromatic nitrogens is 1. The first-order valence-electron chi connectivity index (χ1n) is 6.19. The molecule has 2 aromatic rings. The molecule has 4 nitrogen and oxygen atoms in total. The molecule has 0 aromatic carbocycles. The second-order valence-corrected chi connectivity index (χ2v) is 5.54. The Morgan fingerprint density at radius 3 is 3.06 bits per heavy atom. The second kappa shape index (κ2) is 5.04. The van der Waals surface area contributed by atoms with Gasteiger partial charge in [-0.05, 0) is 38.1 Å². The van der Waals surface area contributed by atoms with Gasteiger partial charge in [-0.2, -0.15) is 0 Å². The lowest BCUT2D eigenvalue weighted by molar-refractivity contribution is 0.0934. The summed E-state index contributed by atoms with van der Waals surface area (Å²) in [6, 6.07) is 6.10. The molecule has 1 aliphatic heterocycles. The van der Waals surface area contributed by atoms with Crippen molar-refractivity contribution in [2.45, 2.75) is 18.9 Å². The average molecular weight is 261 g/mol. The number of rotatable bonds is 2. The minimum atomic E-state index is 0.0323. The summed E-state index contributed by atoms with van der Waals surface area (Å²) < 4.78 is 0. The van der Waals surface area contributed by atoms with E-state index in [1.807, 2.05) is 18.2 Å². The highest BCUT2D eigenvalue weighted by atomic mass is 32.1. The number of nitrogens with zero attached hydrogens (tertiary/aromatic N) is 1. The zero-order chi connectivity index (χ0) is 12.4. The van der Waals surface area contributed by atoms with Crippen molar-refractivity contribution in [3.05, 3.63) is 29.3 Å². The van der Waals surface area contributed by atoms with Crippen LogP contribution in [0.15, 0.2) is 24.4 Å². The van der Waals surface area contributed by atoms with E-state index in [1.54, 1.807) is 6.20 Å². The fourth-order valence-electron chi connectivity index (χ4n) is 2.21. The Balaban J connectivity index is 1.74. The van der Waals surface area contributed by atoms with Crippen molar-refractivity contribution in [3.63, 3.8) is 0 Å². The summed E-state index contributed by atoms with van der Waals surface area (Å²) in [7, 11) is 0. The predicted molar refractivity (Wildman–Crippen MR) is 73.0 cm³/mol. The Hall–Kier alpha value is -1.46. The molecule has 0 bridgehead atoms. The van der Waals surface area contributed by atoms with Gasteiger partial charge in [-0.25, -0.2) is 4.98 Å². The molecular formula is C13H15N3OS. The van der Waals surface area contributed by atoms with Crippen LogP contribution in [0, 0.1) is 0 Å². The third kappa shape index (κ3) is 2.37. The maximum Gasteiger partial charge on any atom is 0.261 e. The highest BCUT2D eigenvalue weighted by Crippen LogP contribution is 2.23. The average Bonchev–Trinajstić information content (AvgIpc) is 2.84. The molecule has 0 radical (unpaired) electrons. The highest BCUT2D eigenvalue weighted by Gasteiger charge is 2.17. The number of piperidine rings is 1. The molecule has 0 spiro atoms. The molecule has 1 amide bonds. The van der Waals surface area contributed by atoms with Crippen LogP contribution in [0.4, 0.5) is 0 Å². The van der Waals surface area contributed by atoms with E-state index in [9.17, 15) is 4.79 Å². The van der Waals surface area contributed by atoms with Gasteiger partial charge in [-0.15, -0.1) is 11.3 Å². The topological polar surface area (TPSA) is 54.0 Å². The number of nitrogens with one attached hydrogen (secondary N) is 2. The molecule has 18 heavy (non-hydrogen) atoms. The van der Waals surface area contributed by atoms with Gasteiger partial charge in [0.05, 0.1) is 4.88 Å². The lowest BCUT2D eigenvalue weighted by Crippen LogP contribution is -2.42. The van der Waals surface area contributed by atoms with Crippen LogP contribution in [0.25, 0.3) is 10.2 Å². The molecule has 1 aliphatic rings. The number of fused-ring (bicyclic) bond motifs is 1. The van der Waals surface area contributed by atoms with E-state index < -0.39 is 0 Å². The van der Waals surface area contributed by atoms with Crippen LogP contribution in [-0.2, 0) is 0 Å². The number of amides is 1. The first-order chi connectivity index (χ1) is 8.83. The van der Waals surface area contributed by atoms with Crippen LogP contribution in [0.1, 0.15) is 22.5 Å². The van der Waals surface area contributed by atoms with E-state index in [0.717, 1.165) is 41.0 Å². The first kappa shape index (κ1) is 11.6. The zero-order valence-corrected chi connectivity index (χ0v) is 10.8. The van der Waals surface area contributed by atoms with Crippen LogP contribution in [0.3, 0.4) is 0 Å². The molecule has 0 saturated carbocycles. The maximum atomic E-state index is 12.1. The number of carbonyl (C=O) groups excluding carboxylic acids is 1. The predicted octanol–water partition coefficient (Wildman–Crippen LogP) is 1.78. The van der Waals surface area contributed by atoms with Crippen molar-refractivity contribution in [1.82, 2.24) is 15.6 Å². The van der Waals surface area contributed by atoms with Gasteiger partial charge in [0.2, 0.25) is 0 Å². The van der Waals surface area contributed by atoms with Crippen molar-refractivity contribution >= 4 is 27.5 Å². The third-order valence-corrected chi connectivity index (χ3v) is 4.25. The van der Waals surface area contributed by atoms with Gasteiger partial charge in [-0.3, -0.25) is 4.79 Å². The largest absolute Gasteiger partial charge is 0.349 e. The van der Waals surface area contributed by atoms with Crippen LogP contribution < -0.4 is 10.6 Å². The quantitative estimate of drug-likeness (QED) is 0.866. The first-order valence-corrected chi connectivity index (χ1v) is 7.01. The summed E-state index contributed by atoms with van der Waals surface area (Å²) in [5, 5.41) is 7.43. The van der Waals surface area contributed by atoms with Crippen molar-refractivity contribution in [1.29, 1.82) is 0 Å². The van der Waals surface area contributed by atoms with Crippen molar-refractivity contribution in [2.24, 2.45) is 0 Å². The van der Waals surface area contributed by atoms with E-state index in [2.05, 4.69) is 15.6 Å². The second-order valence-electron chi connectivity index (χ2n) is 4.51. The summed E-state index contributed by atoms with van der Waals surface area (Å²) in [6.45, 7) is 1.97. The fraction of sp³-hybridized carbons (Fsp3) is 0.385. The molecule has 0 atom stereocenters. The Morgan fingerprint density at radius 2 is 2.28 bits per heavy atom. The maximum absolute atomic E-state index is 12.1. The smallest absolute Gasteiger partial charge is 0.261 e. The molecule has 0 aliphatic carbocycles. The molecule has 1 fully saturated rings. The summed E-state index contributed by atoms with van der Waals surface area (Å²) in [4.78, 5) is 18.1. The van der Waals surface area contributed by atoms with Crippen molar-refractivity contribution in [2.75, 3.05) is 13.1 Å². The molecule has 2 N–H and O–H groups in total. The van der Waals surface area contributed by atoms with Gasteiger partial charge in [0.25, 0.3) is 5.91 Å². The minimum Gasteiger partial charge on any atom is -0.349 e. The molecule has 1 saturated heterocycles. The Labute approximate surface area is 109 Å². The monoisotopic (exact) mass is 261 g/mol. The van der Waals surface area contributed by atoms with E-state index >= 15 is 0 Å². The van der Waals surface area contributed by atoms with Crippen LogP contribution in [0.2, 0.25) is 0 Å². The van der Waals surface area contributed by atoms with E-state index in [1.165, 1.54) is 11.3 Å². The Kier molecular flexibility index (Phi) is 3.25. The summed E-state index contributed by atoms with van der Waals surface area (Å²) in [5.74, 6) is 0.0323. The zero-order valence-electron chi connectivity index (χ0n) is 9.98. The van der Waals surface area contributed by atoms with Gasteiger partial charge in [0.1, 0.15) is 4.83 Å². The molecule has 2 aromatic heterocycles. The number of thiophene rings is 1. The summed E-state index contributed by atoms with van der Waals surface area (Å²) in [6.07, 6.45) is 3.77. The number of pyridine rings is 1. The molecule has 3 heterocycles. The third-order valence-electron chi connectivity index (χ3n) is 3.19. The van der Waals surface area contributed by atoms with Gasteiger partial charge in [-0.1, -0.05) is 6.07 Å². The highest BCUT2D eigenvalue weighted by molar-refractivity contribution is 7.20. The molecule has 3 rings (SSSR count). The van der Waals surface area contributed by atoms with Gasteiger partial charge in [0.15, 0.2) is 0 Å². The lowest BCUT2D eigenvalue weighted by Gasteiger charge is -2.23. The van der Waals surface area contributed by atoms with E-state index in [-0.39, 0.29) is 5.91 Å². The number of hydrogen-bond acceptors (Lipinski definition) is 4. The summed E-state index contributed by atoms with van der Waals surface area (Å²) >= 11 is 1.46. The van der Waals surface area contributed by atoms with Gasteiger partial charge >= 0.3 is 0 Å². The van der Waals surface area contributed by atoms with Gasteiger partial charge in [0, 0.05) is 17.6 Å². The molecule has 5 heteroatoms. The lowest BCUT2D eigenvalue weighted by atomic mass is 10.1. The minimum absolute atomic E-state index is 0.0323. The van der Waals surface area contributed by atoms with E-state index in [4.69, 9.17) is 0 Å². The van der Waals surface area contributed by atoms with Crippen LogP contribution in [0.5, 0.6) is 0 Å². The van der Waals surface area contributed by atoms with Crippen LogP contribution >= 0.6 is 11.3 Å². The Bertz CT molecular complexity index is 527. The fourth-order valence-corrected chi connectivity index (χ4v) is 3.11. The normalized spacial score (nSPS) is 16.9. The standard InChI is InChI=1S/C13H15N3OS/c17-12(16-10-3-6-14-7-4-10)11-8-9-2-1-5-15-13(9)18-11/h1-2,5,8,10,14H,3-4,6-7H2,(H,16,17). The SMILES string of the molecule is O=C(NC1CCNCC1)c1cc2cccnc2s1. The molecule has 0 unspecified atom stereocenters. The van der Waals surface area contributed by atoms with E-state index in [0.29, 0.717) is 6.04 Å². The van der Waals surface area contributed by atoms with Gasteiger partial charge < -0.3 is 10.6 Å². The van der Waals surface area contributed by atoms with Crippen LogP contribution in [-0.4, -0.2) is 30.0 Å².